The Morgan fingerprint density at radius 3 is 2.71 bits per heavy atom. The lowest BCUT2D eigenvalue weighted by Crippen LogP contribution is -2.28. The Morgan fingerprint density at radius 2 is 1.84 bits per heavy atom. The van der Waals surface area contributed by atoms with Crippen molar-refractivity contribution in [1.82, 2.24) is 24.6 Å². The molecule has 1 aromatic carbocycles. The summed E-state index contributed by atoms with van der Waals surface area (Å²) in [7, 11) is 0. The van der Waals surface area contributed by atoms with E-state index in [9.17, 15) is 0 Å². The first-order valence-electron chi connectivity index (χ1n) is 10.9. The third kappa shape index (κ3) is 3.65. The average Bonchev–Trinajstić information content (AvgIpc) is 3.51. The highest BCUT2D eigenvalue weighted by Gasteiger charge is 2.42. The van der Waals surface area contributed by atoms with E-state index in [-0.39, 0.29) is 0 Å². The van der Waals surface area contributed by atoms with E-state index in [2.05, 4.69) is 73.6 Å². The fraction of sp³-hybridized carbons (Fsp3) is 0.333. The van der Waals surface area contributed by atoms with Gasteiger partial charge in [0.05, 0.1) is 5.69 Å². The van der Waals surface area contributed by atoms with Gasteiger partial charge in [-0.15, -0.1) is 10.2 Å². The van der Waals surface area contributed by atoms with Crippen LogP contribution in [0, 0.1) is 0 Å². The van der Waals surface area contributed by atoms with Crippen molar-refractivity contribution >= 4 is 11.6 Å². The summed E-state index contributed by atoms with van der Waals surface area (Å²) in [5.74, 6) is 2.67. The first-order valence-corrected chi connectivity index (χ1v) is 10.9. The molecule has 7 heteroatoms. The monoisotopic (exact) mass is 412 g/mol. The molecule has 3 aromatic heterocycles. The van der Waals surface area contributed by atoms with Gasteiger partial charge in [0.15, 0.2) is 5.65 Å². The molecule has 0 spiro atoms. The van der Waals surface area contributed by atoms with Gasteiger partial charge in [-0.1, -0.05) is 30.3 Å². The standard InChI is InChI=1S/C24H24N6O/c1-2-4-16(5-3-1)19-15-20(19)23-29-28-22-14-17(7-11-30(22)23)21-6-10-25-24(27-21)26-18-8-12-31-13-9-18/h1-7,10-11,14,18-20H,8-9,12-13,15H2,(H,25,26,27). The van der Waals surface area contributed by atoms with Gasteiger partial charge in [0.2, 0.25) is 5.95 Å². The Bertz CT molecular complexity index is 1200. The molecule has 1 saturated heterocycles. The van der Waals surface area contributed by atoms with Crippen molar-refractivity contribution in [1.29, 1.82) is 0 Å². The van der Waals surface area contributed by atoms with Crippen LogP contribution in [0.5, 0.6) is 0 Å². The van der Waals surface area contributed by atoms with E-state index in [4.69, 9.17) is 9.72 Å². The molecule has 1 saturated carbocycles. The number of anilines is 1. The van der Waals surface area contributed by atoms with Crippen LogP contribution in [0.2, 0.25) is 0 Å². The minimum Gasteiger partial charge on any atom is -0.381 e. The Kier molecular flexibility index (Phi) is 4.61. The van der Waals surface area contributed by atoms with Crippen molar-refractivity contribution in [3.05, 3.63) is 72.3 Å². The van der Waals surface area contributed by atoms with Crippen LogP contribution in [0.1, 0.15) is 42.5 Å². The number of rotatable bonds is 5. The van der Waals surface area contributed by atoms with Crippen LogP contribution in [-0.2, 0) is 4.74 Å². The number of benzene rings is 1. The van der Waals surface area contributed by atoms with Crippen molar-refractivity contribution in [3.63, 3.8) is 0 Å². The zero-order valence-corrected chi connectivity index (χ0v) is 17.2. The summed E-state index contributed by atoms with van der Waals surface area (Å²) >= 11 is 0. The number of ether oxygens (including phenoxy) is 1. The molecule has 1 aliphatic heterocycles. The first kappa shape index (κ1) is 18.4. The summed E-state index contributed by atoms with van der Waals surface area (Å²) in [6, 6.07) is 17.1. The molecule has 2 aliphatic rings. The van der Waals surface area contributed by atoms with Crippen molar-refractivity contribution in [2.24, 2.45) is 0 Å². The Hall–Kier alpha value is -3.32. The summed E-state index contributed by atoms with van der Waals surface area (Å²) in [6.07, 6.45) is 6.95. The number of nitrogens with zero attached hydrogens (tertiary/aromatic N) is 5. The summed E-state index contributed by atoms with van der Waals surface area (Å²) in [5, 5.41) is 12.4. The van der Waals surface area contributed by atoms with E-state index in [1.54, 1.807) is 6.20 Å². The Labute approximate surface area is 180 Å². The molecule has 7 nitrogen and oxygen atoms in total. The molecule has 156 valence electrons. The molecular weight excluding hydrogens is 388 g/mol. The SMILES string of the molecule is c1ccc(C2CC2c2nnc3cc(-c4ccnc(NC5CCOCC5)n4)ccn23)cc1. The van der Waals surface area contributed by atoms with Gasteiger partial charge in [-0.2, -0.15) is 0 Å². The van der Waals surface area contributed by atoms with Gasteiger partial charge >= 0.3 is 0 Å². The summed E-state index contributed by atoms with van der Waals surface area (Å²) < 4.78 is 7.54. The predicted octanol–water partition coefficient (Wildman–Crippen LogP) is 4.05. The van der Waals surface area contributed by atoms with Crippen LogP contribution in [0.3, 0.4) is 0 Å². The van der Waals surface area contributed by atoms with E-state index in [1.165, 1.54) is 5.56 Å². The normalized spacial score (nSPS) is 21.3. The third-order valence-electron chi connectivity index (χ3n) is 6.29. The molecule has 1 aliphatic carbocycles. The number of hydrogen-bond donors (Lipinski definition) is 1. The largest absolute Gasteiger partial charge is 0.381 e. The number of fused-ring (bicyclic) bond motifs is 1. The fourth-order valence-electron chi connectivity index (χ4n) is 4.48. The second kappa shape index (κ2) is 7.74. The lowest BCUT2D eigenvalue weighted by atomic mass is 10.1. The lowest BCUT2D eigenvalue weighted by molar-refractivity contribution is 0.0903. The quantitative estimate of drug-likeness (QED) is 0.533. The molecule has 1 N–H and O–H groups in total. The maximum Gasteiger partial charge on any atom is 0.223 e. The van der Waals surface area contributed by atoms with Gasteiger partial charge in [-0.25, -0.2) is 9.97 Å². The zero-order chi connectivity index (χ0) is 20.6. The molecule has 4 heterocycles. The molecule has 4 aromatic rings. The van der Waals surface area contributed by atoms with Gasteiger partial charge in [0.25, 0.3) is 0 Å². The van der Waals surface area contributed by atoms with Crippen LogP contribution in [-0.4, -0.2) is 43.8 Å². The average molecular weight is 412 g/mol. The zero-order valence-electron chi connectivity index (χ0n) is 17.2. The smallest absolute Gasteiger partial charge is 0.223 e. The van der Waals surface area contributed by atoms with E-state index in [0.29, 0.717) is 23.8 Å². The molecule has 0 amide bonds. The molecular formula is C24H24N6O. The fourth-order valence-corrected chi connectivity index (χ4v) is 4.48. The summed E-state index contributed by atoms with van der Waals surface area (Å²) in [4.78, 5) is 9.13. The molecule has 0 bridgehead atoms. The van der Waals surface area contributed by atoms with Crippen LogP contribution in [0.4, 0.5) is 5.95 Å². The second-order valence-electron chi connectivity index (χ2n) is 8.36. The van der Waals surface area contributed by atoms with Crippen molar-refractivity contribution in [2.75, 3.05) is 18.5 Å². The highest BCUT2D eigenvalue weighted by atomic mass is 16.5. The first-order chi connectivity index (χ1) is 15.3. The van der Waals surface area contributed by atoms with Gasteiger partial charge in [-0.05, 0) is 48.9 Å². The predicted molar refractivity (Wildman–Crippen MR) is 118 cm³/mol. The van der Waals surface area contributed by atoms with E-state index in [1.807, 2.05) is 6.07 Å². The maximum atomic E-state index is 5.43. The van der Waals surface area contributed by atoms with Crippen LogP contribution in [0.25, 0.3) is 16.9 Å². The van der Waals surface area contributed by atoms with Gasteiger partial charge < -0.3 is 10.1 Å². The molecule has 2 atom stereocenters. The molecule has 6 rings (SSSR count). The van der Waals surface area contributed by atoms with E-state index >= 15 is 0 Å². The maximum absolute atomic E-state index is 5.43. The Morgan fingerprint density at radius 1 is 0.968 bits per heavy atom. The lowest BCUT2D eigenvalue weighted by Gasteiger charge is -2.23. The third-order valence-corrected chi connectivity index (χ3v) is 6.29. The number of pyridine rings is 1. The molecule has 31 heavy (non-hydrogen) atoms. The summed E-state index contributed by atoms with van der Waals surface area (Å²) in [6.45, 7) is 1.57. The van der Waals surface area contributed by atoms with Gasteiger partial charge in [0.1, 0.15) is 5.82 Å². The highest BCUT2D eigenvalue weighted by molar-refractivity contribution is 5.64. The number of aromatic nitrogens is 5. The van der Waals surface area contributed by atoms with E-state index < -0.39 is 0 Å². The number of nitrogens with one attached hydrogen (secondary N) is 1. The van der Waals surface area contributed by atoms with Crippen molar-refractivity contribution < 1.29 is 4.74 Å². The summed E-state index contributed by atoms with van der Waals surface area (Å²) in [5.41, 5.74) is 4.12. The van der Waals surface area contributed by atoms with Gasteiger partial charge in [0, 0.05) is 43.1 Å². The topological polar surface area (TPSA) is 77.2 Å². The molecule has 0 radical (unpaired) electrons. The van der Waals surface area contributed by atoms with Crippen molar-refractivity contribution in [2.45, 2.75) is 37.1 Å². The minimum atomic E-state index is 0.363. The van der Waals surface area contributed by atoms with Crippen LogP contribution < -0.4 is 5.32 Å². The Balaban J connectivity index is 1.24. The molecule has 2 fully saturated rings. The minimum absolute atomic E-state index is 0.363. The van der Waals surface area contributed by atoms with E-state index in [0.717, 1.165) is 55.2 Å². The van der Waals surface area contributed by atoms with Crippen LogP contribution in [0.15, 0.2) is 60.9 Å². The van der Waals surface area contributed by atoms with Crippen molar-refractivity contribution in [3.8, 4) is 11.3 Å². The van der Waals surface area contributed by atoms with Crippen LogP contribution >= 0.6 is 0 Å². The second-order valence-corrected chi connectivity index (χ2v) is 8.36. The highest BCUT2D eigenvalue weighted by Crippen LogP contribution is 2.53. The van der Waals surface area contributed by atoms with Gasteiger partial charge in [-0.3, -0.25) is 4.40 Å². The number of hydrogen-bond acceptors (Lipinski definition) is 6. The molecule has 2 unspecified atom stereocenters.